The molecule has 3 aromatic rings. The first kappa shape index (κ1) is 16.3. The van der Waals surface area contributed by atoms with Gasteiger partial charge in [0.25, 0.3) is 0 Å². The van der Waals surface area contributed by atoms with E-state index in [4.69, 9.17) is 4.74 Å². The number of methoxy groups -OCH3 is 1. The minimum atomic E-state index is 0.903. The van der Waals surface area contributed by atoms with E-state index >= 15 is 0 Å². The van der Waals surface area contributed by atoms with E-state index in [-0.39, 0.29) is 0 Å². The van der Waals surface area contributed by atoms with Crippen LogP contribution >= 0.6 is 0 Å². The van der Waals surface area contributed by atoms with Gasteiger partial charge in [0.15, 0.2) is 0 Å². The van der Waals surface area contributed by atoms with Gasteiger partial charge in [-0.2, -0.15) is 0 Å². The van der Waals surface area contributed by atoms with Gasteiger partial charge in [-0.3, -0.25) is 0 Å². The summed E-state index contributed by atoms with van der Waals surface area (Å²) in [5.41, 5.74) is 10.3. The molecule has 0 aliphatic rings. The van der Waals surface area contributed by atoms with Crippen LogP contribution < -0.4 is 4.74 Å². The maximum Gasteiger partial charge on any atom is 0.119 e. The molecule has 0 unspecified atom stereocenters. The Morgan fingerprint density at radius 2 is 1.08 bits per heavy atom. The fraction of sp³-hybridized carbons (Fsp3) is 0.217. The van der Waals surface area contributed by atoms with E-state index in [1.165, 1.54) is 44.5 Å². The van der Waals surface area contributed by atoms with Gasteiger partial charge in [0, 0.05) is 0 Å². The standard InChI is InChI=1S/C23H24O/c1-15-6-7-19(12-16(15)2)22-10-8-20(13-17(22)3)23-11-9-21(24-5)14-18(23)4/h6-14H,1-5H3. The number of hydrogen-bond acceptors (Lipinski definition) is 1. The van der Waals surface area contributed by atoms with Gasteiger partial charge < -0.3 is 4.74 Å². The Balaban J connectivity index is 2.02. The molecule has 0 fully saturated rings. The number of hydrogen-bond donors (Lipinski definition) is 0. The van der Waals surface area contributed by atoms with Crippen molar-refractivity contribution in [2.75, 3.05) is 7.11 Å². The predicted molar refractivity (Wildman–Crippen MR) is 103 cm³/mol. The third kappa shape index (κ3) is 3.07. The van der Waals surface area contributed by atoms with Gasteiger partial charge in [-0.25, -0.2) is 0 Å². The molecule has 0 heterocycles. The van der Waals surface area contributed by atoms with E-state index in [2.05, 4.69) is 76.2 Å². The summed E-state index contributed by atoms with van der Waals surface area (Å²) in [5.74, 6) is 0.903. The molecule has 1 nitrogen and oxygen atoms in total. The molecule has 0 atom stereocenters. The Labute approximate surface area is 144 Å². The van der Waals surface area contributed by atoms with Crippen LogP contribution in [0.4, 0.5) is 0 Å². The summed E-state index contributed by atoms with van der Waals surface area (Å²) in [4.78, 5) is 0. The third-order valence-corrected chi connectivity index (χ3v) is 4.79. The van der Waals surface area contributed by atoms with Crippen molar-refractivity contribution in [3.63, 3.8) is 0 Å². The third-order valence-electron chi connectivity index (χ3n) is 4.79. The lowest BCUT2D eigenvalue weighted by molar-refractivity contribution is 0.414. The van der Waals surface area contributed by atoms with Gasteiger partial charge >= 0.3 is 0 Å². The molecular formula is C23H24O. The van der Waals surface area contributed by atoms with Gasteiger partial charge in [0.2, 0.25) is 0 Å². The Morgan fingerprint density at radius 1 is 0.542 bits per heavy atom. The van der Waals surface area contributed by atoms with Crippen LogP contribution in [0.3, 0.4) is 0 Å². The molecule has 0 saturated carbocycles. The van der Waals surface area contributed by atoms with Crippen molar-refractivity contribution in [3.8, 4) is 28.0 Å². The highest BCUT2D eigenvalue weighted by Crippen LogP contribution is 2.32. The van der Waals surface area contributed by atoms with E-state index in [9.17, 15) is 0 Å². The monoisotopic (exact) mass is 316 g/mol. The first-order valence-electron chi connectivity index (χ1n) is 8.33. The average Bonchev–Trinajstić information content (AvgIpc) is 2.57. The lowest BCUT2D eigenvalue weighted by Gasteiger charge is -2.13. The van der Waals surface area contributed by atoms with Crippen molar-refractivity contribution in [1.82, 2.24) is 0 Å². The molecular weight excluding hydrogens is 292 g/mol. The summed E-state index contributed by atoms with van der Waals surface area (Å²) in [5, 5.41) is 0. The largest absolute Gasteiger partial charge is 0.497 e. The Kier molecular flexibility index (Phi) is 4.44. The van der Waals surface area contributed by atoms with E-state index in [1.54, 1.807) is 7.11 Å². The lowest BCUT2D eigenvalue weighted by atomic mass is 9.93. The van der Waals surface area contributed by atoms with Crippen LogP contribution in [0.5, 0.6) is 5.75 Å². The van der Waals surface area contributed by atoms with E-state index < -0.39 is 0 Å². The number of rotatable bonds is 3. The van der Waals surface area contributed by atoms with Crippen molar-refractivity contribution >= 4 is 0 Å². The highest BCUT2D eigenvalue weighted by molar-refractivity contribution is 5.75. The molecule has 0 aliphatic heterocycles. The summed E-state index contributed by atoms with van der Waals surface area (Å²) in [6.07, 6.45) is 0. The van der Waals surface area contributed by atoms with Crippen LogP contribution in [0.1, 0.15) is 22.3 Å². The molecule has 0 bridgehead atoms. The zero-order chi connectivity index (χ0) is 17.3. The van der Waals surface area contributed by atoms with Crippen molar-refractivity contribution < 1.29 is 4.74 Å². The molecule has 24 heavy (non-hydrogen) atoms. The second-order valence-electron chi connectivity index (χ2n) is 6.51. The summed E-state index contributed by atoms with van der Waals surface area (Å²) in [6.45, 7) is 8.64. The van der Waals surface area contributed by atoms with Crippen LogP contribution in [-0.4, -0.2) is 7.11 Å². The minimum Gasteiger partial charge on any atom is -0.497 e. The van der Waals surface area contributed by atoms with E-state index in [0.717, 1.165) is 5.75 Å². The Bertz CT molecular complexity index is 891. The number of ether oxygens (including phenoxy) is 1. The molecule has 3 aromatic carbocycles. The Morgan fingerprint density at radius 3 is 1.62 bits per heavy atom. The van der Waals surface area contributed by atoms with Gasteiger partial charge in [0.05, 0.1) is 7.11 Å². The second kappa shape index (κ2) is 6.52. The van der Waals surface area contributed by atoms with Crippen LogP contribution in [0.15, 0.2) is 54.6 Å². The van der Waals surface area contributed by atoms with Crippen LogP contribution in [0, 0.1) is 27.7 Å². The molecule has 0 aromatic heterocycles. The summed E-state index contributed by atoms with van der Waals surface area (Å²) < 4.78 is 5.31. The SMILES string of the molecule is COc1ccc(-c2ccc(-c3ccc(C)c(C)c3)c(C)c2)c(C)c1. The van der Waals surface area contributed by atoms with Gasteiger partial charge in [0.1, 0.15) is 5.75 Å². The fourth-order valence-corrected chi connectivity index (χ4v) is 3.15. The highest BCUT2D eigenvalue weighted by atomic mass is 16.5. The molecule has 0 radical (unpaired) electrons. The quantitative estimate of drug-likeness (QED) is 0.554. The smallest absolute Gasteiger partial charge is 0.119 e. The molecule has 0 amide bonds. The maximum atomic E-state index is 5.31. The van der Waals surface area contributed by atoms with Gasteiger partial charge in [-0.15, -0.1) is 0 Å². The average molecular weight is 316 g/mol. The number of benzene rings is 3. The summed E-state index contributed by atoms with van der Waals surface area (Å²) in [6, 6.07) is 19.7. The number of aryl methyl sites for hydroxylation is 4. The molecule has 0 aliphatic carbocycles. The van der Waals surface area contributed by atoms with E-state index in [0.29, 0.717) is 0 Å². The van der Waals surface area contributed by atoms with Gasteiger partial charge in [-0.05, 0) is 84.3 Å². The van der Waals surface area contributed by atoms with Crippen molar-refractivity contribution in [1.29, 1.82) is 0 Å². The lowest BCUT2D eigenvalue weighted by Crippen LogP contribution is -1.90. The topological polar surface area (TPSA) is 9.23 Å². The van der Waals surface area contributed by atoms with Crippen molar-refractivity contribution in [2.45, 2.75) is 27.7 Å². The highest BCUT2D eigenvalue weighted by Gasteiger charge is 2.08. The first-order chi connectivity index (χ1) is 11.5. The van der Waals surface area contributed by atoms with Crippen molar-refractivity contribution in [3.05, 3.63) is 76.9 Å². The fourth-order valence-electron chi connectivity index (χ4n) is 3.15. The molecule has 0 spiro atoms. The molecule has 1 heteroatoms. The zero-order valence-corrected chi connectivity index (χ0v) is 15.1. The summed E-state index contributed by atoms with van der Waals surface area (Å²) in [7, 11) is 1.71. The second-order valence-corrected chi connectivity index (χ2v) is 6.51. The van der Waals surface area contributed by atoms with Crippen molar-refractivity contribution in [2.24, 2.45) is 0 Å². The maximum absolute atomic E-state index is 5.31. The predicted octanol–water partition coefficient (Wildman–Crippen LogP) is 6.26. The van der Waals surface area contributed by atoms with Crippen LogP contribution in [0.2, 0.25) is 0 Å². The molecule has 122 valence electrons. The van der Waals surface area contributed by atoms with E-state index in [1.807, 2.05) is 6.07 Å². The van der Waals surface area contributed by atoms with Gasteiger partial charge in [-0.1, -0.05) is 42.5 Å². The Hall–Kier alpha value is -2.54. The molecule has 0 N–H and O–H groups in total. The summed E-state index contributed by atoms with van der Waals surface area (Å²) >= 11 is 0. The molecule has 3 rings (SSSR count). The first-order valence-corrected chi connectivity index (χ1v) is 8.33. The van der Waals surface area contributed by atoms with Crippen LogP contribution in [-0.2, 0) is 0 Å². The zero-order valence-electron chi connectivity index (χ0n) is 15.1. The molecule has 0 saturated heterocycles. The normalized spacial score (nSPS) is 10.7. The minimum absolute atomic E-state index is 0.903. The van der Waals surface area contributed by atoms with Crippen LogP contribution in [0.25, 0.3) is 22.3 Å².